The Bertz CT molecular complexity index is 991. The number of aromatic amines is 1. The zero-order valence-electron chi connectivity index (χ0n) is 12.3. The molecule has 8 heteroatoms. The van der Waals surface area contributed by atoms with Gasteiger partial charge in [0.25, 0.3) is 10.1 Å². The van der Waals surface area contributed by atoms with E-state index >= 15 is 0 Å². The summed E-state index contributed by atoms with van der Waals surface area (Å²) >= 11 is 0. The van der Waals surface area contributed by atoms with Crippen LogP contribution in [0.3, 0.4) is 0 Å². The van der Waals surface area contributed by atoms with E-state index in [1.165, 1.54) is 12.1 Å². The van der Waals surface area contributed by atoms with E-state index in [1.807, 2.05) is 0 Å². The van der Waals surface area contributed by atoms with Gasteiger partial charge in [-0.25, -0.2) is 4.98 Å². The van der Waals surface area contributed by atoms with Crippen molar-refractivity contribution < 1.29 is 17.8 Å². The molecule has 0 spiro atoms. The van der Waals surface area contributed by atoms with Gasteiger partial charge in [-0.3, -0.25) is 9.35 Å². The van der Waals surface area contributed by atoms with Crippen molar-refractivity contribution >= 4 is 16.0 Å². The number of hydrogen-bond donors (Lipinski definition) is 3. The number of rotatable bonds is 4. The fourth-order valence-electron chi connectivity index (χ4n) is 2.21. The number of primary amides is 1. The lowest BCUT2D eigenvalue weighted by molar-refractivity contribution is 0.100. The number of carbonyl (C=O) groups is 1. The smallest absolute Gasteiger partial charge is 0.294 e. The maximum atomic E-state index is 11.1. The second-order valence-electron chi connectivity index (χ2n) is 5.09. The van der Waals surface area contributed by atoms with Crippen LogP contribution >= 0.6 is 0 Å². The van der Waals surface area contributed by atoms with Gasteiger partial charge in [0.05, 0.1) is 16.8 Å². The Morgan fingerprint density at radius 2 is 1.58 bits per heavy atom. The van der Waals surface area contributed by atoms with Crippen LogP contribution in [0.1, 0.15) is 10.4 Å². The topological polar surface area (TPSA) is 126 Å². The highest BCUT2D eigenvalue weighted by molar-refractivity contribution is 7.85. The number of H-pyrrole nitrogens is 1. The lowest BCUT2D eigenvalue weighted by Gasteiger charge is -2.01. The van der Waals surface area contributed by atoms with Crippen molar-refractivity contribution in [3.63, 3.8) is 0 Å². The van der Waals surface area contributed by atoms with E-state index in [9.17, 15) is 13.2 Å². The zero-order valence-corrected chi connectivity index (χ0v) is 13.1. The Morgan fingerprint density at radius 1 is 1.00 bits per heavy atom. The molecule has 0 aliphatic carbocycles. The first-order valence-corrected chi connectivity index (χ1v) is 8.32. The van der Waals surface area contributed by atoms with E-state index in [0.29, 0.717) is 17.0 Å². The molecule has 0 radical (unpaired) electrons. The fourth-order valence-corrected chi connectivity index (χ4v) is 2.69. The minimum atomic E-state index is -4.22. The monoisotopic (exact) mass is 343 g/mol. The van der Waals surface area contributed by atoms with Crippen LogP contribution in [0, 0.1) is 0 Å². The van der Waals surface area contributed by atoms with Crippen LogP contribution in [0.5, 0.6) is 0 Å². The van der Waals surface area contributed by atoms with Crippen LogP contribution in [0.2, 0.25) is 0 Å². The predicted molar refractivity (Wildman–Crippen MR) is 87.8 cm³/mol. The molecule has 0 aliphatic rings. The third-order valence-electron chi connectivity index (χ3n) is 3.48. The lowest BCUT2D eigenvalue weighted by atomic mass is 10.1. The Morgan fingerprint density at radius 3 is 2.12 bits per heavy atom. The Labute approximate surface area is 137 Å². The molecular formula is C16H13N3O4S. The Hall–Kier alpha value is -2.97. The first-order valence-electron chi connectivity index (χ1n) is 6.88. The van der Waals surface area contributed by atoms with Crippen LogP contribution in [0.4, 0.5) is 0 Å². The maximum absolute atomic E-state index is 11.1. The number of nitrogens with zero attached hydrogens (tertiary/aromatic N) is 1. The van der Waals surface area contributed by atoms with Gasteiger partial charge in [-0.1, -0.05) is 12.1 Å². The average Bonchev–Trinajstić information content (AvgIpc) is 3.04. The summed E-state index contributed by atoms with van der Waals surface area (Å²) in [5.41, 5.74) is 7.85. The zero-order chi connectivity index (χ0) is 17.3. The summed E-state index contributed by atoms with van der Waals surface area (Å²) in [6.45, 7) is 0. The summed E-state index contributed by atoms with van der Waals surface area (Å²) in [6, 6.07) is 12.4. The van der Waals surface area contributed by atoms with Crippen molar-refractivity contribution in [1.82, 2.24) is 9.97 Å². The third-order valence-corrected chi connectivity index (χ3v) is 4.35. The second-order valence-corrected chi connectivity index (χ2v) is 6.51. The number of amides is 1. The van der Waals surface area contributed by atoms with Gasteiger partial charge in [-0.2, -0.15) is 8.42 Å². The van der Waals surface area contributed by atoms with Crippen molar-refractivity contribution in [2.75, 3.05) is 0 Å². The SMILES string of the molecule is NC(=O)c1ccc(-c2cnc(-c3ccc(S(=O)(=O)O)cc3)[nH]2)cc1. The van der Waals surface area contributed by atoms with E-state index in [-0.39, 0.29) is 4.90 Å². The molecule has 0 unspecified atom stereocenters. The van der Waals surface area contributed by atoms with Crippen LogP contribution in [0.15, 0.2) is 59.6 Å². The van der Waals surface area contributed by atoms with Crippen LogP contribution < -0.4 is 5.73 Å². The average molecular weight is 343 g/mol. The molecule has 1 amide bonds. The highest BCUT2D eigenvalue weighted by Gasteiger charge is 2.11. The number of benzene rings is 2. The van der Waals surface area contributed by atoms with Crippen molar-refractivity contribution in [2.45, 2.75) is 4.90 Å². The van der Waals surface area contributed by atoms with Crippen LogP contribution in [-0.4, -0.2) is 28.8 Å². The standard InChI is InChI=1S/C16H13N3O4S/c17-15(20)11-3-1-10(2-4-11)14-9-18-16(19-14)12-5-7-13(8-6-12)24(21,22)23/h1-9H,(H2,17,20)(H,18,19)(H,21,22,23). The quantitative estimate of drug-likeness (QED) is 0.625. The Balaban J connectivity index is 1.89. The van der Waals surface area contributed by atoms with Gasteiger partial charge >= 0.3 is 0 Å². The van der Waals surface area contributed by atoms with Crippen molar-refractivity contribution in [1.29, 1.82) is 0 Å². The summed E-state index contributed by atoms with van der Waals surface area (Å²) in [6.07, 6.45) is 1.63. The summed E-state index contributed by atoms with van der Waals surface area (Å²) in [4.78, 5) is 18.3. The number of imidazole rings is 1. The molecule has 2 aromatic carbocycles. The summed E-state index contributed by atoms with van der Waals surface area (Å²) < 4.78 is 31.1. The summed E-state index contributed by atoms with van der Waals surface area (Å²) in [5, 5.41) is 0. The van der Waals surface area contributed by atoms with Gasteiger partial charge in [0.2, 0.25) is 5.91 Å². The van der Waals surface area contributed by atoms with E-state index in [1.54, 1.807) is 42.6 Å². The highest BCUT2D eigenvalue weighted by Crippen LogP contribution is 2.23. The van der Waals surface area contributed by atoms with E-state index in [0.717, 1.165) is 11.3 Å². The van der Waals surface area contributed by atoms with E-state index in [4.69, 9.17) is 10.3 Å². The van der Waals surface area contributed by atoms with Crippen LogP contribution in [-0.2, 0) is 10.1 Å². The minimum Gasteiger partial charge on any atom is -0.366 e. The molecule has 3 aromatic rings. The summed E-state index contributed by atoms with van der Waals surface area (Å²) in [7, 11) is -4.22. The van der Waals surface area contributed by atoms with Crippen molar-refractivity contribution in [2.24, 2.45) is 5.73 Å². The van der Waals surface area contributed by atoms with Gasteiger partial charge in [-0.05, 0) is 42.0 Å². The van der Waals surface area contributed by atoms with Gasteiger partial charge in [0.15, 0.2) is 0 Å². The number of carbonyl (C=O) groups excluding carboxylic acids is 1. The third kappa shape index (κ3) is 3.19. The van der Waals surface area contributed by atoms with Gasteiger partial charge in [0, 0.05) is 11.1 Å². The van der Waals surface area contributed by atoms with E-state index in [2.05, 4.69) is 9.97 Å². The molecule has 0 saturated carbocycles. The molecule has 0 atom stereocenters. The summed E-state index contributed by atoms with van der Waals surface area (Å²) in [5.74, 6) is 0.0524. The number of aromatic nitrogens is 2. The largest absolute Gasteiger partial charge is 0.366 e. The number of nitrogens with one attached hydrogen (secondary N) is 1. The van der Waals surface area contributed by atoms with Gasteiger partial charge in [0.1, 0.15) is 5.82 Å². The molecule has 3 rings (SSSR count). The first kappa shape index (κ1) is 15.9. The van der Waals surface area contributed by atoms with Crippen molar-refractivity contribution in [3.05, 3.63) is 60.3 Å². The number of nitrogens with two attached hydrogens (primary N) is 1. The molecule has 0 aliphatic heterocycles. The molecule has 0 saturated heterocycles. The van der Waals surface area contributed by atoms with Gasteiger partial charge in [-0.15, -0.1) is 0 Å². The molecule has 7 nitrogen and oxygen atoms in total. The highest BCUT2D eigenvalue weighted by atomic mass is 32.2. The predicted octanol–water partition coefficient (Wildman–Crippen LogP) is 2.09. The van der Waals surface area contributed by atoms with Crippen LogP contribution in [0.25, 0.3) is 22.6 Å². The first-order chi connectivity index (χ1) is 11.3. The molecule has 1 heterocycles. The molecule has 1 aromatic heterocycles. The second kappa shape index (κ2) is 5.91. The number of hydrogen-bond acceptors (Lipinski definition) is 4. The lowest BCUT2D eigenvalue weighted by Crippen LogP contribution is -2.10. The van der Waals surface area contributed by atoms with Crippen molar-refractivity contribution in [3.8, 4) is 22.6 Å². The molecular weight excluding hydrogens is 330 g/mol. The van der Waals surface area contributed by atoms with Gasteiger partial charge < -0.3 is 10.7 Å². The Kier molecular flexibility index (Phi) is 3.92. The fraction of sp³-hybridized carbons (Fsp3) is 0. The molecule has 0 bridgehead atoms. The van der Waals surface area contributed by atoms with E-state index < -0.39 is 16.0 Å². The molecule has 24 heavy (non-hydrogen) atoms. The molecule has 0 fully saturated rings. The maximum Gasteiger partial charge on any atom is 0.294 e. The molecule has 122 valence electrons. The normalized spacial score (nSPS) is 11.4. The minimum absolute atomic E-state index is 0.180. The molecule has 4 N–H and O–H groups in total.